The lowest BCUT2D eigenvalue weighted by Crippen LogP contribution is -2.27. The number of carbonyl (C=O) groups excluding carboxylic acids is 2. The SMILES string of the molecule is C=C(C(=O)OC(C)(C)C)C(=O)c1ccc([N+](=O)[O-])cc1F. The minimum Gasteiger partial charge on any atom is -0.456 e. The lowest BCUT2D eigenvalue weighted by molar-refractivity contribution is -0.385. The third-order valence-corrected chi connectivity index (χ3v) is 2.33. The van der Waals surface area contributed by atoms with Gasteiger partial charge in [0.05, 0.1) is 16.6 Å². The summed E-state index contributed by atoms with van der Waals surface area (Å²) < 4.78 is 18.7. The molecule has 0 amide bonds. The molecule has 21 heavy (non-hydrogen) atoms. The number of hydrogen-bond acceptors (Lipinski definition) is 5. The zero-order valence-corrected chi connectivity index (χ0v) is 11.8. The van der Waals surface area contributed by atoms with E-state index in [2.05, 4.69) is 6.58 Å². The molecule has 0 bridgehead atoms. The summed E-state index contributed by atoms with van der Waals surface area (Å²) in [5, 5.41) is 10.5. The number of rotatable bonds is 4. The molecule has 0 unspecified atom stereocenters. The molecular weight excluding hydrogens is 281 g/mol. The van der Waals surface area contributed by atoms with Gasteiger partial charge in [-0.3, -0.25) is 14.9 Å². The van der Waals surface area contributed by atoms with Crippen LogP contribution in [-0.2, 0) is 9.53 Å². The summed E-state index contributed by atoms with van der Waals surface area (Å²) in [6.07, 6.45) is 0. The van der Waals surface area contributed by atoms with Crippen molar-refractivity contribution >= 4 is 17.4 Å². The van der Waals surface area contributed by atoms with Crippen LogP contribution in [0.3, 0.4) is 0 Å². The Labute approximate surface area is 120 Å². The average molecular weight is 295 g/mol. The van der Waals surface area contributed by atoms with Crippen molar-refractivity contribution in [1.82, 2.24) is 0 Å². The van der Waals surface area contributed by atoms with Crippen molar-refractivity contribution in [3.05, 3.63) is 51.8 Å². The minimum atomic E-state index is -1.10. The monoisotopic (exact) mass is 295 g/mol. The number of esters is 1. The molecule has 0 fully saturated rings. The first kappa shape index (κ1) is 16.5. The van der Waals surface area contributed by atoms with Gasteiger partial charge in [-0.25, -0.2) is 9.18 Å². The Morgan fingerprint density at radius 2 is 1.90 bits per heavy atom. The summed E-state index contributed by atoms with van der Waals surface area (Å²) >= 11 is 0. The first-order chi connectivity index (χ1) is 9.53. The Morgan fingerprint density at radius 3 is 2.33 bits per heavy atom. The van der Waals surface area contributed by atoms with E-state index < -0.39 is 44.9 Å². The van der Waals surface area contributed by atoms with Gasteiger partial charge in [0, 0.05) is 6.07 Å². The minimum absolute atomic E-state index is 0.476. The molecule has 0 aromatic heterocycles. The zero-order valence-electron chi connectivity index (χ0n) is 11.8. The number of hydrogen-bond donors (Lipinski definition) is 0. The van der Waals surface area contributed by atoms with Crippen LogP contribution in [0.1, 0.15) is 31.1 Å². The third-order valence-electron chi connectivity index (χ3n) is 2.33. The highest BCUT2D eigenvalue weighted by Gasteiger charge is 2.26. The van der Waals surface area contributed by atoms with Gasteiger partial charge in [0.25, 0.3) is 5.69 Å². The first-order valence-corrected chi connectivity index (χ1v) is 5.94. The number of nitro groups is 1. The van der Waals surface area contributed by atoms with Crippen molar-refractivity contribution in [2.75, 3.05) is 0 Å². The number of halogens is 1. The molecule has 0 aliphatic heterocycles. The smallest absolute Gasteiger partial charge is 0.342 e. The molecule has 0 heterocycles. The average Bonchev–Trinajstić information content (AvgIpc) is 2.34. The summed E-state index contributed by atoms with van der Waals surface area (Å²) in [7, 11) is 0. The van der Waals surface area contributed by atoms with Crippen LogP contribution >= 0.6 is 0 Å². The fourth-order valence-corrected chi connectivity index (χ4v) is 1.40. The van der Waals surface area contributed by atoms with Crippen molar-refractivity contribution in [3.8, 4) is 0 Å². The summed E-state index contributed by atoms with van der Waals surface area (Å²) in [6.45, 7) is 8.11. The van der Waals surface area contributed by atoms with Gasteiger partial charge in [-0.05, 0) is 26.8 Å². The maximum atomic E-state index is 13.7. The Bertz CT molecular complexity index is 631. The van der Waals surface area contributed by atoms with E-state index in [9.17, 15) is 24.1 Å². The van der Waals surface area contributed by atoms with Gasteiger partial charge in [-0.2, -0.15) is 0 Å². The normalized spacial score (nSPS) is 10.9. The van der Waals surface area contributed by atoms with Crippen LogP contribution in [0, 0.1) is 15.9 Å². The van der Waals surface area contributed by atoms with Crippen LogP contribution < -0.4 is 0 Å². The van der Waals surface area contributed by atoms with Gasteiger partial charge >= 0.3 is 5.97 Å². The molecule has 0 N–H and O–H groups in total. The molecule has 0 aliphatic rings. The predicted octanol–water partition coefficient (Wildman–Crippen LogP) is 2.81. The van der Waals surface area contributed by atoms with E-state index in [4.69, 9.17) is 4.74 Å². The number of non-ortho nitro benzene ring substituents is 1. The van der Waals surface area contributed by atoms with E-state index in [1.165, 1.54) is 0 Å². The van der Waals surface area contributed by atoms with E-state index in [0.717, 1.165) is 12.1 Å². The largest absolute Gasteiger partial charge is 0.456 e. The highest BCUT2D eigenvalue weighted by molar-refractivity contribution is 6.23. The number of nitrogens with zero attached hydrogens (tertiary/aromatic N) is 1. The molecule has 0 spiro atoms. The quantitative estimate of drug-likeness (QED) is 0.162. The van der Waals surface area contributed by atoms with E-state index in [1.807, 2.05) is 0 Å². The van der Waals surface area contributed by atoms with Crippen LogP contribution in [0.2, 0.25) is 0 Å². The van der Waals surface area contributed by atoms with Crippen LogP contribution in [0.4, 0.5) is 10.1 Å². The van der Waals surface area contributed by atoms with E-state index in [-0.39, 0.29) is 0 Å². The van der Waals surface area contributed by atoms with Crippen molar-refractivity contribution < 1.29 is 23.6 Å². The highest BCUT2D eigenvalue weighted by Crippen LogP contribution is 2.20. The van der Waals surface area contributed by atoms with E-state index >= 15 is 0 Å². The summed E-state index contributed by atoms with van der Waals surface area (Å²) in [6, 6.07) is 2.51. The predicted molar refractivity (Wildman–Crippen MR) is 72.4 cm³/mol. The molecule has 6 nitrogen and oxygen atoms in total. The molecule has 0 saturated heterocycles. The molecule has 1 aromatic carbocycles. The number of ketones is 1. The van der Waals surface area contributed by atoms with Crippen LogP contribution in [0.15, 0.2) is 30.4 Å². The number of ether oxygens (including phenoxy) is 1. The second-order valence-corrected chi connectivity index (χ2v) is 5.23. The van der Waals surface area contributed by atoms with Crippen molar-refractivity contribution in [2.24, 2.45) is 0 Å². The maximum absolute atomic E-state index is 13.7. The molecule has 0 saturated carbocycles. The molecule has 7 heteroatoms. The Morgan fingerprint density at radius 1 is 1.33 bits per heavy atom. The van der Waals surface area contributed by atoms with Gasteiger partial charge in [-0.15, -0.1) is 0 Å². The number of Topliss-reactive ketones (excluding diaryl/α,β-unsaturated/α-hetero) is 1. The second kappa shape index (κ2) is 5.82. The Kier molecular flexibility index (Phi) is 4.57. The lowest BCUT2D eigenvalue weighted by Gasteiger charge is -2.19. The van der Waals surface area contributed by atoms with Gasteiger partial charge in [0.15, 0.2) is 0 Å². The van der Waals surface area contributed by atoms with Crippen molar-refractivity contribution in [1.29, 1.82) is 0 Å². The van der Waals surface area contributed by atoms with Crippen LogP contribution in [0.5, 0.6) is 0 Å². The number of carbonyl (C=O) groups is 2. The summed E-state index contributed by atoms with van der Waals surface area (Å²) in [5.41, 5.74) is -2.34. The number of benzene rings is 1. The molecule has 0 atom stereocenters. The third kappa shape index (κ3) is 4.20. The fraction of sp³-hybridized carbons (Fsp3) is 0.286. The van der Waals surface area contributed by atoms with Gasteiger partial charge in [0.2, 0.25) is 5.78 Å². The molecule has 1 rings (SSSR count). The Hall–Kier alpha value is -2.57. The molecule has 112 valence electrons. The van der Waals surface area contributed by atoms with Crippen molar-refractivity contribution in [2.45, 2.75) is 26.4 Å². The lowest BCUT2D eigenvalue weighted by atomic mass is 10.0. The van der Waals surface area contributed by atoms with Gasteiger partial charge in [-0.1, -0.05) is 6.58 Å². The molecular formula is C14H14FNO5. The van der Waals surface area contributed by atoms with Crippen LogP contribution in [-0.4, -0.2) is 22.3 Å². The fourth-order valence-electron chi connectivity index (χ4n) is 1.40. The van der Waals surface area contributed by atoms with Crippen LogP contribution in [0.25, 0.3) is 0 Å². The molecule has 0 aliphatic carbocycles. The zero-order chi connectivity index (χ0) is 16.4. The summed E-state index contributed by atoms with van der Waals surface area (Å²) in [5.74, 6) is -3.04. The number of nitro benzene ring substituents is 1. The van der Waals surface area contributed by atoms with Crippen molar-refractivity contribution in [3.63, 3.8) is 0 Å². The standard InChI is InChI=1S/C14H14FNO5/c1-8(13(18)21-14(2,3)4)12(17)10-6-5-9(16(19)20)7-11(10)15/h5-7H,1H2,2-4H3. The van der Waals surface area contributed by atoms with Gasteiger partial charge in [0.1, 0.15) is 17.0 Å². The highest BCUT2D eigenvalue weighted by atomic mass is 19.1. The first-order valence-electron chi connectivity index (χ1n) is 5.94. The topological polar surface area (TPSA) is 86.5 Å². The Balaban J connectivity index is 3.01. The molecule has 1 aromatic rings. The molecule has 0 radical (unpaired) electrons. The maximum Gasteiger partial charge on any atom is 0.342 e. The summed E-state index contributed by atoms with van der Waals surface area (Å²) in [4.78, 5) is 33.4. The van der Waals surface area contributed by atoms with Gasteiger partial charge < -0.3 is 4.74 Å². The second-order valence-electron chi connectivity index (χ2n) is 5.23. The van der Waals surface area contributed by atoms with E-state index in [1.54, 1.807) is 20.8 Å². The van der Waals surface area contributed by atoms with E-state index in [0.29, 0.717) is 6.07 Å².